The van der Waals surface area contributed by atoms with Crippen molar-refractivity contribution in [2.75, 3.05) is 46.7 Å². The Morgan fingerprint density at radius 1 is 0.722 bits per heavy atom. The highest BCUT2D eigenvalue weighted by Gasteiger charge is 2.44. The van der Waals surface area contributed by atoms with Crippen molar-refractivity contribution in [3.05, 3.63) is 107 Å². The van der Waals surface area contributed by atoms with E-state index in [4.69, 9.17) is 24.2 Å². The molecule has 0 spiro atoms. The number of ether oxygens (including phenoxy) is 4. The number of anilines is 1. The number of methoxy groups -OCH3 is 2. The molecule has 1 unspecified atom stereocenters. The standard InChI is InChI=1S/C72H102N10O15/c1-16-45(8)63(55(94-14)38-58(84)81-37-23-26-54(81)65(95-15)46(9)66(87)74-47(10)64(86)51-24-19-17-20-25-51)79(12)71(92)61(43(4)5)78-69(90)62(44(6)7)80(13)72(93)96-41-50-28-32-52(33-29-50)76-67(88)48(11)75-68(89)60(42(2)3)77-57(83)27-21-18-22-36-82-59(85)39-56(70(82)91)97-53-34-30-49(40-73)31-35-53/h17,19-20,24-25,28-35,39,42-48,54-55,60-65,86H,16,18,21-23,26-27,36-38,41H2,1-15H3,(H,74,87)(H,75,89)(H,76,88)(H,77,83)(H,78,90)/t45-,46?,47+,48-,54+,55-,60-,61+,62+,63+,64+,65-/m1/s1. The number of likely N-dealkylation sites (tertiary alicyclic amines) is 1. The van der Waals surface area contributed by atoms with E-state index in [1.807, 2.05) is 38.1 Å². The zero-order valence-electron chi connectivity index (χ0n) is 58.9. The number of aliphatic hydroxyl groups excluding tert-OH is 1. The molecule has 3 aromatic rings. The van der Waals surface area contributed by atoms with Gasteiger partial charge in [-0.05, 0) is 111 Å². The molecule has 5 rings (SSSR count). The van der Waals surface area contributed by atoms with Crippen LogP contribution in [0.1, 0.15) is 150 Å². The van der Waals surface area contributed by atoms with Crippen LogP contribution < -0.4 is 31.3 Å². The number of likely N-dealkylation sites (N-methyl/N-ethyl adjacent to an activating group) is 2. The largest absolute Gasteiger partial charge is 0.451 e. The molecule has 12 atom stereocenters. The smallest absolute Gasteiger partial charge is 0.410 e. The SMILES string of the molecule is CC[C@@H](C)[C@@H]([C@@H](CC(=O)N1CCC[C@H]1[C@H](OC)C(C)C(=O)N[C@@H](C)[C@H](O)c1ccccc1)OC)N(C)C(=O)[C@@H](NC(=O)[C@H](C(C)C)N(C)C(=O)OCc1ccc(NC(=O)[C@@H](C)NC(=O)[C@H](NC(=O)CCCCCN2C(=O)C=C(Oc3ccc(C#N)cc3)C2=O)C(C)C)cc1)C(C)C. The van der Waals surface area contributed by atoms with Gasteiger partial charge in [0.2, 0.25) is 41.4 Å². The molecule has 2 heterocycles. The Balaban J connectivity index is 1.09. The summed E-state index contributed by atoms with van der Waals surface area (Å²) in [6.45, 7) is 19.9. The molecule has 6 N–H and O–H groups in total. The lowest BCUT2D eigenvalue weighted by Crippen LogP contribution is -2.60. The number of imide groups is 1. The molecule has 97 heavy (non-hydrogen) atoms. The Morgan fingerprint density at radius 2 is 1.37 bits per heavy atom. The summed E-state index contributed by atoms with van der Waals surface area (Å²) in [5.41, 5.74) is 2.02. The van der Waals surface area contributed by atoms with Crippen molar-refractivity contribution in [1.82, 2.24) is 40.9 Å². The molecule has 0 bridgehead atoms. The molecule has 0 aromatic heterocycles. The van der Waals surface area contributed by atoms with Crippen molar-refractivity contribution < 1.29 is 72.0 Å². The first-order chi connectivity index (χ1) is 46.0. The highest BCUT2D eigenvalue weighted by atomic mass is 16.6. The second-order valence-electron chi connectivity index (χ2n) is 26.4. The van der Waals surface area contributed by atoms with Crippen molar-refractivity contribution in [3.8, 4) is 11.8 Å². The molecule has 3 aromatic carbocycles. The molecule has 0 saturated carbocycles. The van der Waals surface area contributed by atoms with Gasteiger partial charge in [-0.2, -0.15) is 5.26 Å². The number of nitriles is 1. The van der Waals surface area contributed by atoms with Gasteiger partial charge in [0.05, 0.1) is 66.5 Å². The van der Waals surface area contributed by atoms with E-state index in [0.717, 1.165) is 11.0 Å². The van der Waals surface area contributed by atoms with Crippen molar-refractivity contribution in [2.24, 2.45) is 29.6 Å². The fourth-order valence-corrected chi connectivity index (χ4v) is 12.2. The van der Waals surface area contributed by atoms with Crippen LogP contribution in [0.15, 0.2) is 90.7 Å². The monoisotopic (exact) mass is 1350 g/mol. The summed E-state index contributed by atoms with van der Waals surface area (Å²) in [7, 11) is 6.10. The minimum absolute atomic E-state index is 0.0724. The number of aliphatic hydroxyl groups is 1. The van der Waals surface area contributed by atoms with Crippen LogP contribution in [0.25, 0.3) is 0 Å². The maximum atomic E-state index is 14.8. The zero-order chi connectivity index (χ0) is 72.0. The Morgan fingerprint density at radius 3 is 1.96 bits per heavy atom. The zero-order valence-corrected chi connectivity index (χ0v) is 58.9. The van der Waals surface area contributed by atoms with Crippen molar-refractivity contribution in [3.63, 3.8) is 0 Å². The van der Waals surface area contributed by atoms with Gasteiger partial charge in [0.25, 0.3) is 11.8 Å². The quantitative estimate of drug-likeness (QED) is 0.0254. The number of hydrogen-bond donors (Lipinski definition) is 6. The summed E-state index contributed by atoms with van der Waals surface area (Å²) in [6.07, 6.45) is 1.16. The minimum atomic E-state index is -1.07. The topological polar surface area (TPSA) is 325 Å². The van der Waals surface area contributed by atoms with Crippen LogP contribution in [0.3, 0.4) is 0 Å². The van der Waals surface area contributed by atoms with E-state index in [9.17, 15) is 53.1 Å². The van der Waals surface area contributed by atoms with E-state index in [1.54, 1.807) is 109 Å². The van der Waals surface area contributed by atoms with Gasteiger partial charge in [0, 0.05) is 53.5 Å². The van der Waals surface area contributed by atoms with Crippen LogP contribution in [0.4, 0.5) is 10.5 Å². The van der Waals surface area contributed by atoms with Gasteiger partial charge in [-0.1, -0.05) is 118 Å². The molecule has 2 aliphatic rings. The maximum absolute atomic E-state index is 14.8. The fraction of sp³-hybridized carbons (Fsp3) is 0.569. The van der Waals surface area contributed by atoms with Crippen LogP contribution in [0.5, 0.6) is 5.75 Å². The number of unbranched alkanes of at least 4 members (excludes halogenated alkanes) is 2. The lowest BCUT2D eigenvalue weighted by molar-refractivity contribution is -0.148. The van der Waals surface area contributed by atoms with Crippen LogP contribution in [-0.4, -0.2) is 180 Å². The van der Waals surface area contributed by atoms with Crippen LogP contribution >= 0.6 is 0 Å². The number of amides is 10. The molecular formula is C72H102N10O15. The lowest BCUT2D eigenvalue weighted by atomic mass is 9.89. The number of nitrogens with zero attached hydrogens (tertiary/aromatic N) is 5. The van der Waals surface area contributed by atoms with E-state index >= 15 is 0 Å². The third-order valence-electron chi connectivity index (χ3n) is 18.2. The summed E-state index contributed by atoms with van der Waals surface area (Å²) < 4.78 is 23.3. The predicted octanol–water partition coefficient (Wildman–Crippen LogP) is 6.93. The van der Waals surface area contributed by atoms with Gasteiger partial charge in [-0.25, -0.2) is 4.79 Å². The van der Waals surface area contributed by atoms with Crippen molar-refractivity contribution in [1.29, 1.82) is 5.26 Å². The number of benzene rings is 3. The lowest BCUT2D eigenvalue weighted by Gasteiger charge is -2.41. The van der Waals surface area contributed by atoms with Crippen LogP contribution in [-0.2, 0) is 64.0 Å². The van der Waals surface area contributed by atoms with E-state index in [2.05, 4.69) is 26.6 Å². The number of carbonyl (C=O) groups is 10. The molecule has 25 heteroatoms. The second-order valence-corrected chi connectivity index (χ2v) is 26.4. The van der Waals surface area contributed by atoms with E-state index in [1.165, 1.54) is 57.4 Å². The van der Waals surface area contributed by atoms with E-state index < -0.39 is 120 Å². The van der Waals surface area contributed by atoms with E-state index in [-0.39, 0.29) is 61.3 Å². The number of rotatable bonds is 36. The van der Waals surface area contributed by atoms with Crippen molar-refractivity contribution in [2.45, 2.75) is 195 Å². The van der Waals surface area contributed by atoms with Gasteiger partial charge in [-0.3, -0.25) is 53.0 Å². The number of hydrogen-bond acceptors (Lipinski definition) is 16. The number of carbonyl (C=O) groups excluding carboxylic acids is 10. The molecule has 25 nitrogen and oxygen atoms in total. The number of nitrogens with one attached hydrogen (secondary N) is 5. The Labute approximate surface area is 571 Å². The van der Waals surface area contributed by atoms with Gasteiger partial charge in [0.15, 0.2) is 5.76 Å². The molecule has 0 radical (unpaired) electrons. The normalized spacial score (nSPS) is 17.3. The Bertz CT molecular complexity index is 3250. The van der Waals surface area contributed by atoms with E-state index in [0.29, 0.717) is 73.2 Å². The average Bonchev–Trinajstić information content (AvgIpc) is 1.50. The van der Waals surface area contributed by atoms with Gasteiger partial charge in [0.1, 0.15) is 36.5 Å². The third-order valence-corrected chi connectivity index (χ3v) is 18.2. The summed E-state index contributed by atoms with van der Waals surface area (Å²) in [6, 6.07) is 17.9. The first-order valence-electron chi connectivity index (χ1n) is 33.6. The van der Waals surface area contributed by atoms with Crippen molar-refractivity contribution >= 4 is 64.9 Å². The molecular weight excluding hydrogens is 1240 g/mol. The van der Waals surface area contributed by atoms with Crippen LogP contribution in [0.2, 0.25) is 0 Å². The molecule has 0 aliphatic carbocycles. The first-order valence-corrected chi connectivity index (χ1v) is 33.6. The molecule has 10 amide bonds. The molecule has 1 saturated heterocycles. The molecule has 2 aliphatic heterocycles. The third kappa shape index (κ3) is 21.9. The van der Waals surface area contributed by atoms with Crippen LogP contribution in [0, 0.1) is 40.9 Å². The molecule has 1 fully saturated rings. The predicted molar refractivity (Wildman–Crippen MR) is 363 cm³/mol. The highest BCUT2D eigenvalue weighted by Crippen LogP contribution is 2.31. The summed E-state index contributed by atoms with van der Waals surface area (Å²) >= 11 is 0. The molecule has 530 valence electrons. The second kappa shape index (κ2) is 37.7. The summed E-state index contributed by atoms with van der Waals surface area (Å²) in [4.78, 5) is 142. The average molecular weight is 1350 g/mol. The summed E-state index contributed by atoms with van der Waals surface area (Å²) in [5, 5.41) is 34.0. The Hall–Kier alpha value is -8.73. The van der Waals surface area contributed by atoms with Gasteiger partial charge < -0.3 is 60.4 Å². The van der Waals surface area contributed by atoms with Gasteiger partial charge >= 0.3 is 6.09 Å². The minimum Gasteiger partial charge on any atom is -0.451 e. The summed E-state index contributed by atoms with van der Waals surface area (Å²) in [5.74, 6) is -6.00. The maximum Gasteiger partial charge on any atom is 0.410 e. The Kier molecular flexibility index (Phi) is 30.7. The van der Waals surface area contributed by atoms with Gasteiger partial charge in [-0.15, -0.1) is 0 Å². The fourth-order valence-electron chi connectivity index (χ4n) is 12.2. The highest BCUT2D eigenvalue weighted by molar-refractivity contribution is 6.15. The first kappa shape index (κ1) is 79.0.